The molecule has 2 nitrogen and oxygen atoms in total. The van der Waals surface area contributed by atoms with Crippen LogP contribution < -0.4 is 10.2 Å². The third-order valence-corrected chi connectivity index (χ3v) is 4.23. The summed E-state index contributed by atoms with van der Waals surface area (Å²) in [7, 11) is 4.00. The molecule has 21 heavy (non-hydrogen) atoms. The zero-order valence-electron chi connectivity index (χ0n) is 12.1. The van der Waals surface area contributed by atoms with Crippen molar-refractivity contribution >= 4 is 46.2 Å². The standard InChI is InChI=1S/C16H17Cl3N2/c1-10(11-4-6-13(18)14(19)8-11)20-15-9-12(17)5-7-16(15)21(2)3/h4-10,20H,1-3H3. The van der Waals surface area contributed by atoms with E-state index < -0.39 is 0 Å². The van der Waals surface area contributed by atoms with E-state index in [1.807, 2.05) is 55.4 Å². The number of anilines is 2. The summed E-state index contributed by atoms with van der Waals surface area (Å²) in [6.07, 6.45) is 0. The largest absolute Gasteiger partial charge is 0.377 e. The Morgan fingerprint density at radius 3 is 2.29 bits per heavy atom. The highest BCUT2D eigenvalue weighted by atomic mass is 35.5. The van der Waals surface area contributed by atoms with Gasteiger partial charge in [-0.2, -0.15) is 0 Å². The summed E-state index contributed by atoms with van der Waals surface area (Å²) in [5, 5.41) is 5.28. The van der Waals surface area contributed by atoms with Crippen LogP contribution in [0.4, 0.5) is 11.4 Å². The SMILES string of the molecule is CC(Nc1cc(Cl)ccc1N(C)C)c1ccc(Cl)c(Cl)c1. The van der Waals surface area contributed by atoms with Crippen LogP contribution in [0.1, 0.15) is 18.5 Å². The van der Waals surface area contributed by atoms with Gasteiger partial charge in [0.15, 0.2) is 0 Å². The van der Waals surface area contributed by atoms with E-state index in [0.29, 0.717) is 15.1 Å². The summed E-state index contributed by atoms with van der Waals surface area (Å²) in [5.74, 6) is 0. The average Bonchev–Trinajstić information content (AvgIpc) is 2.41. The summed E-state index contributed by atoms with van der Waals surface area (Å²) in [4.78, 5) is 2.04. The Kier molecular flexibility index (Phi) is 5.26. The quantitative estimate of drug-likeness (QED) is 0.745. The van der Waals surface area contributed by atoms with Gasteiger partial charge in [0.05, 0.1) is 21.4 Å². The van der Waals surface area contributed by atoms with E-state index in [2.05, 4.69) is 12.2 Å². The van der Waals surface area contributed by atoms with Crippen molar-refractivity contribution in [1.29, 1.82) is 0 Å². The second kappa shape index (κ2) is 6.78. The highest BCUT2D eigenvalue weighted by molar-refractivity contribution is 6.42. The fraction of sp³-hybridized carbons (Fsp3) is 0.250. The molecule has 0 radical (unpaired) electrons. The van der Waals surface area contributed by atoms with Crippen LogP contribution in [0, 0.1) is 0 Å². The number of halogens is 3. The molecule has 2 aromatic rings. The Morgan fingerprint density at radius 2 is 1.67 bits per heavy atom. The molecule has 0 saturated heterocycles. The van der Waals surface area contributed by atoms with Gasteiger partial charge in [-0.3, -0.25) is 0 Å². The number of hydrogen-bond acceptors (Lipinski definition) is 2. The van der Waals surface area contributed by atoms with Crippen LogP contribution in [0.25, 0.3) is 0 Å². The van der Waals surface area contributed by atoms with Gasteiger partial charge in [-0.05, 0) is 42.8 Å². The van der Waals surface area contributed by atoms with Crippen molar-refractivity contribution < 1.29 is 0 Å². The van der Waals surface area contributed by atoms with Crippen molar-refractivity contribution in [3.63, 3.8) is 0 Å². The van der Waals surface area contributed by atoms with Gasteiger partial charge in [-0.1, -0.05) is 40.9 Å². The van der Waals surface area contributed by atoms with E-state index in [9.17, 15) is 0 Å². The minimum absolute atomic E-state index is 0.0805. The fourth-order valence-electron chi connectivity index (χ4n) is 2.11. The Morgan fingerprint density at radius 1 is 0.952 bits per heavy atom. The van der Waals surface area contributed by atoms with Crippen LogP contribution in [-0.4, -0.2) is 14.1 Å². The van der Waals surface area contributed by atoms with E-state index >= 15 is 0 Å². The molecule has 2 aromatic carbocycles. The number of benzene rings is 2. The maximum absolute atomic E-state index is 6.10. The second-order valence-electron chi connectivity index (χ2n) is 5.10. The van der Waals surface area contributed by atoms with Gasteiger partial charge in [-0.25, -0.2) is 0 Å². The monoisotopic (exact) mass is 342 g/mol. The van der Waals surface area contributed by atoms with Crippen LogP contribution in [0.15, 0.2) is 36.4 Å². The van der Waals surface area contributed by atoms with E-state index in [1.54, 1.807) is 0 Å². The number of nitrogens with zero attached hydrogens (tertiary/aromatic N) is 1. The predicted molar refractivity (Wildman–Crippen MR) is 94.3 cm³/mol. The molecule has 0 bridgehead atoms. The molecule has 0 amide bonds. The molecule has 0 saturated carbocycles. The Hall–Kier alpha value is -1.09. The van der Waals surface area contributed by atoms with Gasteiger partial charge in [0.1, 0.15) is 0 Å². The van der Waals surface area contributed by atoms with Crippen molar-refractivity contribution in [2.45, 2.75) is 13.0 Å². The fourth-order valence-corrected chi connectivity index (χ4v) is 2.59. The lowest BCUT2D eigenvalue weighted by atomic mass is 10.1. The van der Waals surface area contributed by atoms with Gasteiger partial charge in [-0.15, -0.1) is 0 Å². The normalized spacial score (nSPS) is 12.1. The summed E-state index contributed by atoms with van der Waals surface area (Å²) < 4.78 is 0. The summed E-state index contributed by atoms with van der Waals surface area (Å²) in [6.45, 7) is 2.07. The summed E-state index contributed by atoms with van der Waals surface area (Å²) >= 11 is 18.1. The summed E-state index contributed by atoms with van der Waals surface area (Å²) in [5.41, 5.74) is 3.12. The van der Waals surface area contributed by atoms with Gasteiger partial charge in [0, 0.05) is 25.2 Å². The van der Waals surface area contributed by atoms with Crippen LogP contribution in [-0.2, 0) is 0 Å². The van der Waals surface area contributed by atoms with Crippen molar-refractivity contribution in [2.24, 2.45) is 0 Å². The lowest BCUT2D eigenvalue weighted by Crippen LogP contribution is -2.14. The molecule has 1 N–H and O–H groups in total. The highest BCUT2D eigenvalue weighted by Gasteiger charge is 2.11. The van der Waals surface area contributed by atoms with Crippen molar-refractivity contribution in [1.82, 2.24) is 0 Å². The Bertz CT molecular complexity index is 641. The molecule has 5 heteroatoms. The predicted octanol–water partition coefficient (Wildman–Crippen LogP) is 5.89. The molecule has 1 atom stereocenters. The number of rotatable bonds is 4. The lowest BCUT2D eigenvalue weighted by Gasteiger charge is -2.22. The third-order valence-electron chi connectivity index (χ3n) is 3.26. The first-order valence-corrected chi connectivity index (χ1v) is 7.70. The summed E-state index contributed by atoms with van der Waals surface area (Å²) in [6, 6.07) is 11.5. The molecular weight excluding hydrogens is 327 g/mol. The first-order chi connectivity index (χ1) is 9.88. The Labute approximate surface area is 140 Å². The van der Waals surface area contributed by atoms with Gasteiger partial charge >= 0.3 is 0 Å². The van der Waals surface area contributed by atoms with Crippen LogP contribution >= 0.6 is 34.8 Å². The number of hydrogen-bond donors (Lipinski definition) is 1. The average molecular weight is 344 g/mol. The molecular formula is C16H17Cl3N2. The third kappa shape index (κ3) is 3.97. The zero-order valence-corrected chi connectivity index (χ0v) is 14.4. The minimum Gasteiger partial charge on any atom is -0.377 e. The molecule has 0 spiro atoms. The van der Waals surface area contributed by atoms with E-state index in [-0.39, 0.29) is 6.04 Å². The molecule has 2 rings (SSSR count). The lowest BCUT2D eigenvalue weighted by molar-refractivity contribution is 0.883. The molecule has 0 heterocycles. The molecule has 1 unspecified atom stereocenters. The Balaban J connectivity index is 2.28. The minimum atomic E-state index is 0.0805. The first kappa shape index (κ1) is 16.3. The highest BCUT2D eigenvalue weighted by Crippen LogP contribution is 2.32. The van der Waals surface area contributed by atoms with E-state index in [0.717, 1.165) is 16.9 Å². The smallest absolute Gasteiger partial charge is 0.0598 e. The van der Waals surface area contributed by atoms with E-state index in [1.165, 1.54) is 0 Å². The first-order valence-electron chi connectivity index (χ1n) is 6.57. The molecule has 0 aliphatic carbocycles. The van der Waals surface area contributed by atoms with E-state index in [4.69, 9.17) is 34.8 Å². The second-order valence-corrected chi connectivity index (χ2v) is 6.35. The molecule has 0 aliphatic rings. The van der Waals surface area contributed by atoms with Crippen molar-refractivity contribution in [2.75, 3.05) is 24.3 Å². The maximum atomic E-state index is 6.10. The van der Waals surface area contributed by atoms with Crippen LogP contribution in [0.2, 0.25) is 15.1 Å². The van der Waals surface area contributed by atoms with Crippen LogP contribution in [0.5, 0.6) is 0 Å². The number of nitrogens with one attached hydrogen (secondary N) is 1. The molecule has 0 aliphatic heterocycles. The molecule has 112 valence electrons. The topological polar surface area (TPSA) is 15.3 Å². The zero-order chi connectivity index (χ0) is 15.6. The molecule has 0 fully saturated rings. The van der Waals surface area contributed by atoms with Crippen molar-refractivity contribution in [3.8, 4) is 0 Å². The maximum Gasteiger partial charge on any atom is 0.0598 e. The van der Waals surface area contributed by atoms with Gasteiger partial charge < -0.3 is 10.2 Å². The van der Waals surface area contributed by atoms with Crippen molar-refractivity contribution in [3.05, 3.63) is 57.0 Å². The van der Waals surface area contributed by atoms with Gasteiger partial charge in [0.25, 0.3) is 0 Å². The van der Waals surface area contributed by atoms with Crippen LogP contribution in [0.3, 0.4) is 0 Å². The van der Waals surface area contributed by atoms with Gasteiger partial charge in [0.2, 0.25) is 0 Å². The molecule has 0 aromatic heterocycles.